The molecular formula is C15H18FNO3. The van der Waals surface area contributed by atoms with Crippen LogP contribution in [0.15, 0.2) is 18.2 Å². The highest BCUT2D eigenvalue weighted by Crippen LogP contribution is 2.14. The molecule has 0 radical (unpaired) electrons. The number of carbonyl (C=O) groups is 1. The molecule has 0 bridgehead atoms. The third-order valence-electron chi connectivity index (χ3n) is 2.19. The lowest BCUT2D eigenvalue weighted by molar-refractivity contribution is -0.125. The Morgan fingerprint density at radius 2 is 2.15 bits per heavy atom. The summed E-state index contributed by atoms with van der Waals surface area (Å²) >= 11 is 0. The molecule has 0 atom stereocenters. The van der Waals surface area contributed by atoms with Gasteiger partial charge in [0.15, 0.2) is 0 Å². The second kappa shape index (κ2) is 7.04. The number of rotatable bonds is 3. The molecule has 5 heteroatoms. The van der Waals surface area contributed by atoms with Gasteiger partial charge in [0.1, 0.15) is 19.0 Å². The molecule has 0 aromatic heterocycles. The fourth-order valence-electron chi connectivity index (χ4n) is 1.31. The summed E-state index contributed by atoms with van der Waals surface area (Å²) < 4.78 is 18.7. The van der Waals surface area contributed by atoms with Gasteiger partial charge in [-0.2, -0.15) is 0 Å². The van der Waals surface area contributed by atoms with Crippen molar-refractivity contribution in [1.82, 2.24) is 0 Å². The summed E-state index contributed by atoms with van der Waals surface area (Å²) in [7, 11) is 0. The predicted molar refractivity (Wildman–Crippen MR) is 74.7 cm³/mol. The summed E-state index contributed by atoms with van der Waals surface area (Å²) in [5.74, 6) is 4.00. The summed E-state index contributed by atoms with van der Waals surface area (Å²) in [6, 6.07) is 4.06. The van der Waals surface area contributed by atoms with Gasteiger partial charge < -0.3 is 15.2 Å². The number of hydrogen-bond donors (Lipinski definition) is 2. The van der Waals surface area contributed by atoms with Crippen molar-refractivity contribution in [3.8, 4) is 11.8 Å². The summed E-state index contributed by atoms with van der Waals surface area (Å²) in [5, 5.41) is 11.2. The zero-order valence-corrected chi connectivity index (χ0v) is 11.8. The summed E-state index contributed by atoms with van der Waals surface area (Å²) in [4.78, 5) is 11.7. The van der Waals surface area contributed by atoms with E-state index in [1.54, 1.807) is 0 Å². The zero-order chi connectivity index (χ0) is 15.2. The van der Waals surface area contributed by atoms with E-state index in [0.29, 0.717) is 5.69 Å². The molecule has 108 valence electrons. The van der Waals surface area contributed by atoms with Crippen LogP contribution in [0, 0.1) is 17.7 Å². The van der Waals surface area contributed by atoms with E-state index < -0.39 is 11.4 Å². The van der Waals surface area contributed by atoms with E-state index in [9.17, 15) is 9.18 Å². The number of carbonyl (C=O) groups excluding carboxylic acids is 1. The molecule has 0 aliphatic heterocycles. The Hall–Kier alpha value is -1.90. The first-order valence-corrected chi connectivity index (χ1v) is 6.15. The van der Waals surface area contributed by atoms with E-state index in [4.69, 9.17) is 9.84 Å². The summed E-state index contributed by atoms with van der Waals surface area (Å²) in [5.41, 5.74) is 0.141. The molecule has 0 saturated heterocycles. The lowest BCUT2D eigenvalue weighted by Crippen LogP contribution is -2.27. The van der Waals surface area contributed by atoms with Gasteiger partial charge in [0, 0.05) is 5.69 Å². The highest BCUT2D eigenvalue weighted by atomic mass is 19.1. The number of nitrogens with one attached hydrogen (secondary N) is 1. The van der Waals surface area contributed by atoms with E-state index >= 15 is 0 Å². The monoisotopic (exact) mass is 279 g/mol. The van der Waals surface area contributed by atoms with Crippen molar-refractivity contribution in [1.29, 1.82) is 0 Å². The number of aliphatic hydroxyl groups excluding tert-OH is 1. The second-order valence-corrected chi connectivity index (χ2v) is 5.10. The van der Waals surface area contributed by atoms with Gasteiger partial charge in [-0.05, 0) is 39.0 Å². The first-order valence-electron chi connectivity index (χ1n) is 6.15. The van der Waals surface area contributed by atoms with Crippen molar-refractivity contribution in [3.63, 3.8) is 0 Å². The molecule has 0 unspecified atom stereocenters. The molecule has 0 spiro atoms. The highest BCUT2D eigenvalue weighted by molar-refractivity contribution is 5.91. The third kappa shape index (κ3) is 5.83. The standard InChI is InChI=1S/C15H18FNO3/c1-15(2,3)20-10-14(19)17-12-6-7-13(16)11(9-12)5-4-8-18/h6-7,9,18H,8,10H2,1-3H3,(H,17,19). The Kier molecular flexibility index (Phi) is 5.68. The van der Waals surface area contributed by atoms with Crippen LogP contribution in [0.5, 0.6) is 0 Å². The maximum atomic E-state index is 13.4. The minimum Gasteiger partial charge on any atom is -0.384 e. The minimum atomic E-state index is -0.505. The maximum absolute atomic E-state index is 13.4. The molecule has 0 aliphatic rings. The lowest BCUT2D eigenvalue weighted by atomic mass is 10.2. The van der Waals surface area contributed by atoms with Crippen LogP contribution < -0.4 is 5.32 Å². The normalized spacial score (nSPS) is 10.7. The number of benzene rings is 1. The fourth-order valence-corrected chi connectivity index (χ4v) is 1.31. The number of aliphatic hydroxyl groups is 1. The molecule has 1 aromatic carbocycles. The molecule has 1 aromatic rings. The quantitative estimate of drug-likeness (QED) is 0.831. The van der Waals surface area contributed by atoms with Gasteiger partial charge in [0.25, 0.3) is 0 Å². The van der Waals surface area contributed by atoms with Crippen LogP contribution in [0.2, 0.25) is 0 Å². The van der Waals surface area contributed by atoms with Crippen molar-refractivity contribution in [2.45, 2.75) is 26.4 Å². The number of amides is 1. The van der Waals surface area contributed by atoms with Crippen LogP contribution in [-0.2, 0) is 9.53 Å². The van der Waals surface area contributed by atoms with Crippen LogP contribution in [0.4, 0.5) is 10.1 Å². The van der Waals surface area contributed by atoms with Crippen LogP contribution in [0.25, 0.3) is 0 Å². The van der Waals surface area contributed by atoms with E-state index in [1.165, 1.54) is 18.2 Å². The van der Waals surface area contributed by atoms with Crippen LogP contribution in [0.1, 0.15) is 26.3 Å². The Bertz CT molecular complexity index is 538. The van der Waals surface area contributed by atoms with Crippen molar-refractivity contribution in [2.24, 2.45) is 0 Å². The van der Waals surface area contributed by atoms with Crippen LogP contribution >= 0.6 is 0 Å². The van der Waals surface area contributed by atoms with Gasteiger partial charge in [-0.3, -0.25) is 4.79 Å². The van der Waals surface area contributed by atoms with E-state index in [2.05, 4.69) is 17.2 Å². The molecule has 0 saturated carbocycles. The average Bonchev–Trinajstić information content (AvgIpc) is 2.36. The van der Waals surface area contributed by atoms with Crippen LogP contribution in [0.3, 0.4) is 0 Å². The fraction of sp³-hybridized carbons (Fsp3) is 0.400. The van der Waals surface area contributed by atoms with Crippen molar-refractivity contribution >= 4 is 11.6 Å². The minimum absolute atomic E-state index is 0.0848. The second-order valence-electron chi connectivity index (χ2n) is 5.10. The van der Waals surface area contributed by atoms with Gasteiger partial charge >= 0.3 is 0 Å². The van der Waals surface area contributed by atoms with Gasteiger partial charge in [-0.25, -0.2) is 4.39 Å². The summed E-state index contributed by atoms with van der Waals surface area (Å²) in [6.45, 7) is 5.11. The van der Waals surface area contributed by atoms with Gasteiger partial charge in [-0.15, -0.1) is 0 Å². The topological polar surface area (TPSA) is 58.6 Å². The Labute approximate surface area is 117 Å². The molecule has 0 fully saturated rings. The van der Waals surface area contributed by atoms with E-state index in [-0.39, 0.29) is 24.7 Å². The Balaban J connectivity index is 2.71. The zero-order valence-electron chi connectivity index (χ0n) is 11.8. The Morgan fingerprint density at radius 1 is 1.45 bits per heavy atom. The average molecular weight is 279 g/mol. The van der Waals surface area contributed by atoms with Crippen molar-refractivity contribution in [3.05, 3.63) is 29.6 Å². The molecule has 4 nitrogen and oxygen atoms in total. The predicted octanol–water partition coefficient (Wildman–Crippen LogP) is 1.92. The van der Waals surface area contributed by atoms with Gasteiger partial charge in [0.05, 0.1) is 11.2 Å². The third-order valence-corrected chi connectivity index (χ3v) is 2.19. The molecule has 20 heavy (non-hydrogen) atoms. The SMILES string of the molecule is CC(C)(C)OCC(=O)Nc1ccc(F)c(C#CCO)c1. The van der Waals surface area contributed by atoms with Crippen molar-refractivity contribution < 1.29 is 19.0 Å². The molecular weight excluding hydrogens is 261 g/mol. The Morgan fingerprint density at radius 3 is 2.75 bits per heavy atom. The van der Waals surface area contributed by atoms with Gasteiger partial charge in [0.2, 0.25) is 5.91 Å². The maximum Gasteiger partial charge on any atom is 0.250 e. The number of hydrogen-bond acceptors (Lipinski definition) is 3. The smallest absolute Gasteiger partial charge is 0.250 e. The highest BCUT2D eigenvalue weighted by Gasteiger charge is 2.13. The van der Waals surface area contributed by atoms with E-state index in [0.717, 1.165) is 0 Å². The summed E-state index contributed by atoms with van der Waals surface area (Å²) in [6.07, 6.45) is 0. The first-order chi connectivity index (χ1) is 9.31. The van der Waals surface area contributed by atoms with Crippen molar-refractivity contribution in [2.75, 3.05) is 18.5 Å². The van der Waals surface area contributed by atoms with Gasteiger partial charge in [-0.1, -0.05) is 11.8 Å². The largest absolute Gasteiger partial charge is 0.384 e. The molecule has 0 aliphatic carbocycles. The number of anilines is 1. The first kappa shape index (κ1) is 16.2. The van der Waals surface area contributed by atoms with E-state index in [1.807, 2.05) is 20.8 Å². The lowest BCUT2D eigenvalue weighted by Gasteiger charge is -2.19. The molecule has 1 amide bonds. The van der Waals surface area contributed by atoms with Crippen LogP contribution in [-0.4, -0.2) is 29.8 Å². The number of ether oxygens (including phenoxy) is 1. The molecule has 0 heterocycles. The number of halogens is 1. The molecule has 1 rings (SSSR count). The molecule has 2 N–H and O–H groups in total.